The highest BCUT2D eigenvalue weighted by molar-refractivity contribution is 6.01. The lowest BCUT2D eigenvalue weighted by atomic mass is 9.85. The van der Waals surface area contributed by atoms with Crippen LogP contribution in [0.3, 0.4) is 0 Å². The summed E-state index contributed by atoms with van der Waals surface area (Å²) in [7, 11) is 0. The number of aromatic nitrogens is 2. The molecule has 4 aromatic rings. The van der Waals surface area contributed by atoms with E-state index < -0.39 is 11.5 Å². The Labute approximate surface area is 215 Å². The standard InChI is InChI=1S/C29H31N5O3/c1-29(2,3)25(32-26(35)24-12-18-6-4-5-7-22(18)31-24)28(37)34-16-20-14-21(34)15-33(20)27(36)19-9-8-17-10-11-30-23(17)13-19/h4-13,20-21,25,30-31H,14-16H2,1-3H3,(H,32,35)/t20-,21-,25+/m0/s1. The zero-order chi connectivity index (χ0) is 25.9. The third-order valence-corrected chi connectivity index (χ3v) is 7.75. The Morgan fingerprint density at radius 3 is 2.41 bits per heavy atom. The van der Waals surface area contributed by atoms with E-state index in [0.717, 1.165) is 28.2 Å². The molecule has 37 heavy (non-hydrogen) atoms. The van der Waals surface area contributed by atoms with Crippen LogP contribution < -0.4 is 5.32 Å². The van der Waals surface area contributed by atoms with Crippen LogP contribution in [-0.4, -0.2) is 68.7 Å². The van der Waals surface area contributed by atoms with Gasteiger partial charge in [-0.25, -0.2) is 0 Å². The predicted molar refractivity (Wildman–Crippen MR) is 142 cm³/mol. The number of aromatic amines is 2. The van der Waals surface area contributed by atoms with Gasteiger partial charge in [0.1, 0.15) is 11.7 Å². The van der Waals surface area contributed by atoms with E-state index in [1.807, 2.05) is 85.3 Å². The van der Waals surface area contributed by atoms with Crippen LogP contribution >= 0.6 is 0 Å². The normalized spacial score (nSPS) is 20.1. The second-order valence-corrected chi connectivity index (χ2v) is 11.3. The van der Waals surface area contributed by atoms with E-state index in [9.17, 15) is 14.4 Å². The molecule has 3 amide bonds. The van der Waals surface area contributed by atoms with Crippen molar-refractivity contribution in [3.8, 4) is 0 Å². The molecule has 2 aromatic carbocycles. The van der Waals surface area contributed by atoms with Crippen molar-refractivity contribution in [2.24, 2.45) is 5.41 Å². The van der Waals surface area contributed by atoms with Crippen LogP contribution in [0.4, 0.5) is 0 Å². The lowest BCUT2D eigenvalue weighted by molar-refractivity contribution is -0.138. The maximum absolute atomic E-state index is 13.8. The number of hydrogen-bond donors (Lipinski definition) is 3. The van der Waals surface area contributed by atoms with Crippen molar-refractivity contribution >= 4 is 39.5 Å². The highest BCUT2D eigenvalue weighted by Crippen LogP contribution is 2.34. The molecule has 8 heteroatoms. The highest BCUT2D eigenvalue weighted by Gasteiger charge is 2.49. The first-order chi connectivity index (χ1) is 17.7. The van der Waals surface area contributed by atoms with E-state index in [0.29, 0.717) is 24.3 Å². The Morgan fingerprint density at radius 2 is 1.68 bits per heavy atom. The van der Waals surface area contributed by atoms with Crippen molar-refractivity contribution in [3.05, 3.63) is 72.1 Å². The number of fused-ring (bicyclic) bond motifs is 4. The number of para-hydroxylation sites is 1. The molecule has 0 unspecified atom stereocenters. The number of likely N-dealkylation sites (tertiary alicyclic amines) is 2. The molecular weight excluding hydrogens is 466 g/mol. The van der Waals surface area contributed by atoms with Gasteiger partial charge < -0.3 is 25.1 Å². The number of hydrogen-bond acceptors (Lipinski definition) is 3. The summed E-state index contributed by atoms with van der Waals surface area (Å²) in [5.74, 6) is -0.398. The first kappa shape index (κ1) is 23.3. The van der Waals surface area contributed by atoms with E-state index in [-0.39, 0.29) is 29.8 Å². The topological polar surface area (TPSA) is 101 Å². The van der Waals surface area contributed by atoms with Gasteiger partial charge >= 0.3 is 0 Å². The summed E-state index contributed by atoms with van der Waals surface area (Å²) >= 11 is 0. The van der Waals surface area contributed by atoms with Gasteiger partial charge in [-0.1, -0.05) is 45.0 Å². The van der Waals surface area contributed by atoms with Crippen molar-refractivity contribution in [3.63, 3.8) is 0 Å². The van der Waals surface area contributed by atoms with Crippen molar-refractivity contribution in [1.82, 2.24) is 25.1 Å². The molecule has 0 radical (unpaired) electrons. The predicted octanol–water partition coefficient (Wildman–Crippen LogP) is 3.92. The number of carbonyl (C=O) groups excluding carboxylic acids is 3. The number of amides is 3. The van der Waals surface area contributed by atoms with Gasteiger partial charge in [-0.3, -0.25) is 14.4 Å². The molecular formula is C29H31N5O3. The maximum atomic E-state index is 13.8. The van der Waals surface area contributed by atoms with Gasteiger partial charge in [0.15, 0.2) is 0 Å². The van der Waals surface area contributed by atoms with Gasteiger partial charge in [-0.15, -0.1) is 0 Å². The van der Waals surface area contributed by atoms with E-state index >= 15 is 0 Å². The van der Waals surface area contributed by atoms with Crippen molar-refractivity contribution in [1.29, 1.82) is 0 Å². The summed E-state index contributed by atoms with van der Waals surface area (Å²) in [5, 5.41) is 5.02. The van der Waals surface area contributed by atoms with Crippen LogP contribution in [0, 0.1) is 5.41 Å². The summed E-state index contributed by atoms with van der Waals surface area (Å²) in [6, 6.07) is 16.4. The third-order valence-electron chi connectivity index (χ3n) is 7.75. The number of piperazine rings is 1. The van der Waals surface area contributed by atoms with Gasteiger partial charge in [0, 0.05) is 41.3 Å². The van der Waals surface area contributed by atoms with Gasteiger partial charge in [-0.2, -0.15) is 0 Å². The zero-order valence-electron chi connectivity index (χ0n) is 21.2. The summed E-state index contributed by atoms with van der Waals surface area (Å²) in [5.41, 5.74) is 2.41. The smallest absolute Gasteiger partial charge is 0.268 e. The highest BCUT2D eigenvalue weighted by atomic mass is 16.2. The molecule has 190 valence electrons. The van der Waals surface area contributed by atoms with Gasteiger partial charge in [0.25, 0.3) is 11.8 Å². The summed E-state index contributed by atoms with van der Waals surface area (Å²) in [6.07, 6.45) is 2.62. The van der Waals surface area contributed by atoms with Crippen LogP contribution in [0.1, 0.15) is 48.0 Å². The van der Waals surface area contributed by atoms with E-state index in [4.69, 9.17) is 0 Å². The van der Waals surface area contributed by atoms with Crippen LogP contribution in [0.25, 0.3) is 21.8 Å². The third kappa shape index (κ3) is 4.06. The van der Waals surface area contributed by atoms with Crippen LogP contribution in [0.15, 0.2) is 60.8 Å². The lowest BCUT2D eigenvalue weighted by Crippen LogP contribution is -2.59. The fraction of sp³-hybridized carbons (Fsp3) is 0.345. The molecule has 2 aromatic heterocycles. The van der Waals surface area contributed by atoms with Gasteiger partial charge in [0.05, 0.1) is 12.1 Å². The van der Waals surface area contributed by atoms with Crippen LogP contribution in [0.5, 0.6) is 0 Å². The second-order valence-electron chi connectivity index (χ2n) is 11.3. The minimum Gasteiger partial charge on any atom is -0.361 e. The molecule has 3 atom stereocenters. The molecule has 8 nitrogen and oxygen atoms in total. The Balaban J connectivity index is 1.16. The first-order valence-corrected chi connectivity index (χ1v) is 12.8. The number of nitrogens with zero attached hydrogens (tertiary/aromatic N) is 2. The Kier molecular flexibility index (Phi) is 5.36. The Bertz CT molecular complexity index is 1490. The minimum absolute atomic E-state index is 0.00409. The van der Waals surface area contributed by atoms with E-state index in [1.165, 1.54) is 0 Å². The van der Waals surface area contributed by atoms with Crippen LogP contribution in [-0.2, 0) is 4.79 Å². The summed E-state index contributed by atoms with van der Waals surface area (Å²) < 4.78 is 0. The largest absolute Gasteiger partial charge is 0.361 e. The molecule has 0 saturated carbocycles. The monoisotopic (exact) mass is 497 g/mol. The molecule has 2 aliphatic heterocycles. The molecule has 0 spiro atoms. The number of H-pyrrole nitrogens is 2. The average Bonchev–Trinajstić information content (AvgIpc) is 3.67. The van der Waals surface area contributed by atoms with E-state index in [2.05, 4.69) is 15.3 Å². The van der Waals surface area contributed by atoms with Gasteiger partial charge in [0.2, 0.25) is 5.91 Å². The second kappa shape index (κ2) is 8.50. The number of benzene rings is 2. The fourth-order valence-electron chi connectivity index (χ4n) is 5.75. The average molecular weight is 498 g/mol. The number of nitrogens with one attached hydrogen (secondary N) is 3. The Morgan fingerprint density at radius 1 is 0.919 bits per heavy atom. The number of rotatable bonds is 4. The maximum Gasteiger partial charge on any atom is 0.268 e. The molecule has 0 aliphatic carbocycles. The zero-order valence-corrected chi connectivity index (χ0v) is 21.2. The summed E-state index contributed by atoms with van der Waals surface area (Å²) in [4.78, 5) is 50.3. The molecule has 6 rings (SSSR count). The van der Waals surface area contributed by atoms with Gasteiger partial charge in [-0.05, 0) is 47.6 Å². The first-order valence-electron chi connectivity index (χ1n) is 12.8. The SMILES string of the molecule is CC(C)(C)[C@H](NC(=O)c1cc2ccccc2[nH]1)C(=O)N1C[C@@H]2C[C@H]1CN2C(=O)c1ccc2cc[nH]c2c1. The molecule has 2 saturated heterocycles. The lowest BCUT2D eigenvalue weighted by Gasteiger charge is -2.39. The fourth-order valence-corrected chi connectivity index (χ4v) is 5.75. The Hall–Kier alpha value is -4.07. The van der Waals surface area contributed by atoms with Crippen molar-refractivity contribution in [2.45, 2.75) is 45.3 Å². The van der Waals surface area contributed by atoms with E-state index in [1.54, 1.807) is 6.07 Å². The number of carbonyl (C=O) groups is 3. The molecule has 4 heterocycles. The quantitative estimate of drug-likeness (QED) is 0.398. The molecule has 2 aliphatic rings. The summed E-state index contributed by atoms with van der Waals surface area (Å²) in [6.45, 7) is 6.87. The molecule has 2 fully saturated rings. The molecule has 2 bridgehead atoms. The minimum atomic E-state index is -0.690. The molecule has 3 N–H and O–H groups in total. The van der Waals surface area contributed by atoms with Crippen molar-refractivity contribution in [2.75, 3.05) is 13.1 Å². The van der Waals surface area contributed by atoms with Crippen LogP contribution in [0.2, 0.25) is 0 Å². The van der Waals surface area contributed by atoms with Crippen molar-refractivity contribution < 1.29 is 14.4 Å².